The van der Waals surface area contributed by atoms with Crippen molar-refractivity contribution in [2.24, 2.45) is 0 Å². The third kappa shape index (κ3) is 1.35. The Bertz CT molecular complexity index is 437. The number of para-hydroxylation sites is 1. The fourth-order valence-corrected chi connectivity index (χ4v) is 1.98. The van der Waals surface area contributed by atoms with Crippen LogP contribution in [0.5, 0.6) is 0 Å². The van der Waals surface area contributed by atoms with Gasteiger partial charge < -0.3 is 4.90 Å². The molecule has 0 unspecified atom stereocenters. The highest BCUT2D eigenvalue weighted by Crippen LogP contribution is 2.31. The van der Waals surface area contributed by atoms with Crippen LogP contribution >= 0.6 is 0 Å². The van der Waals surface area contributed by atoms with Gasteiger partial charge in [-0.2, -0.15) is 0 Å². The van der Waals surface area contributed by atoms with Crippen molar-refractivity contribution in [1.82, 2.24) is 0 Å². The molecule has 15 heavy (non-hydrogen) atoms. The topological polar surface area (TPSA) is 37.4 Å². The predicted octanol–water partition coefficient (Wildman–Crippen LogP) is 1.93. The molecule has 1 aromatic rings. The molecule has 2 rings (SSSR count). The molecule has 0 aliphatic carbocycles. The van der Waals surface area contributed by atoms with Gasteiger partial charge >= 0.3 is 0 Å². The molecule has 0 N–H and O–H groups in total. The average Bonchev–Trinajstić information content (AvgIpc) is 2.46. The fourth-order valence-electron chi connectivity index (χ4n) is 1.98. The smallest absolute Gasteiger partial charge is 0.299 e. The molecule has 0 radical (unpaired) electrons. The maximum Gasteiger partial charge on any atom is 0.299 e. The molecule has 1 heterocycles. The molecule has 0 fully saturated rings. The normalized spacial score (nSPS) is 14.7. The molecule has 1 aromatic carbocycles. The van der Waals surface area contributed by atoms with Crippen LogP contribution in [-0.4, -0.2) is 18.2 Å². The zero-order valence-corrected chi connectivity index (χ0v) is 8.91. The largest absolute Gasteiger partial charge is 0.305 e. The van der Waals surface area contributed by atoms with Crippen LogP contribution in [0.1, 0.15) is 29.3 Å². The summed E-state index contributed by atoms with van der Waals surface area (Å²) in [5.74, 6) is -0.761. The molecule has 0 aromatic heterocycles. The van der Waals surface area contributed by atoms with E-state index in [1.165, 1.54) is 0 Å². The lowest BCUT2D eigenvalue weighted by molar-refractivity contribution is -0.114. The summed E-state index contributed by atoms with van der Waals surface area (Å²) in [7, 11) is 0. The summed E-state index contributed by atoms with van der Waals surface area (Å²) in [6.07, 6.45) is 0.854. The summed E-state index contributed by atoms with van der Waals surface area (Å²) in [6.45, 7) is 4.53. The molecule has 1 aliphatic rings. The van der Waals surface area contributed by atoms with Gasteiger partial charge in [-0.05, 0) is 25.0 Å². The summed E-state index contributed by atoms with van der Waals surface area (Å²) in [5, 5.41) is 0. The molecular formula is C12H13NO2. The second kappa shape index (κ2) is 3.50. The molecule has 0 bridgehead atoms. The Morgan fingerprint density at radius 1 is 1.27 bits per heavy atom. The maximum absolute atomic E-state index is 11.7. The first-order valence-electron chi connectivity index (χ1n) is 5.12. The zero-order valence-electron chi connectivity index (χ0n) is 8.91. The predicted molar refractivity (Wildman–Crippen MR) is 58.2 cm³/mol. The van der Waals surface area contributed by atoms with Crippen molar-refractivity contribution in [2.75, 3.05) is 11.4 Å². The van der Waals surface area contributed by atoms with Gasteiger partial charge in [0.2, 0.25) is 0 Å². The van der Waals surface area contributed by atoms with Gasteiger partial charge in [-0.3, -0.25) is 9.59 Å². The van der Waals surface area contributed by atoms with Crippen LogP contribution in [0.25, 0.3) is 0 Å². The highest BCUT2D eigenvalue weighted by Gasteiger charge is 2.35. The van der Waals surface area contributed by atoms with Gasteiger partial charge in [0.15, 0.2) is 0 Å². The molecule has 0 spiro atoms. The second-order valence-electron chi connectivity index (χ2n) is 3.76. The standard InChI is InChI=1S/C12H13NO2/c1-3-7-13-10-8(2)5-4-6-9(10)11(14)12(13)15/h4-6H,3,7H2,1-2H3. The Morgan fingerprint density at radius 2 is 2.00 bits per heavy atom. The molecule has 3 heteroatoms. The van der Waals surface area contributed by atoms with Gasteiger partial charge in [-0.15, -0.1) is 0 Å². The van der Waals surface area contributed by atoms with E-state index in [1.54, 1.807) is 11.0 Å². The van der Waals surface area contributed by atoms with Crippen LogP contribution in [0.3, 0.4) is 0 Å². The first-order valence-corrected chi connectivity index (χ1v) is 5.12. The molecule has 1 aliphatic heterocycles. The summed E-state index contributed by atoms with van der Waals surface area (Å²) in [4.78, 5) is 24.9. The molecule has 78 valence electrons. The minimum absolute atomic E-state index is 0.373. The third-order valence-corrected chi connectivity index (χ3v) is 2.64. The molecule has 0 atom stereocenters. The van der Waals surface area contributed by atoms with Crippen LogP contribution in [0.15, 0.2) is 18.2 Å². The number of fused-ring (bicyclic) bond motifs is 1. The van der Waals surface area contributed by atoms with E-state index in [4.69, 9.17) is 0 Å². The Labute approximate surface area is 88.7 Å². The summed E-state index contributed by atoms with van der Waals surface area (Å²) in [6, 6.07) is 5.46. The van der Waals surface area contributed by atoms with Crippen molar-refractivity contribution < 1.29 is 9.59 Å². The van der Waals surface area contributed by atoms with E-state index in [1.807, 2.05) is 26.0 Å². The number of Topliss-reactive ketones (excluding diaryl/α,β-unsaturated/α-hetero) is 1. The summed E-state index contributed by atoms with van der Waals surface area (Å²) < 4.78 is 0. The number of benzene rings is 1. The van der Waals surface area contributed by atoms with Gasteiger partial charge in [0.1, 0.15) is 0 Å². The van der Waals surface area contributed by atoms with E-state index in [9.17, 15) is 9.59 Å². The number of aryl methyl sites for hydroxylation is 1. The minimum Gasteiger partial charge on any atom is -0.305 e. The number of hydrogen-bond acceptors (Lipinski definition) is 2. The van der Waals surface area contributed by atoms with Gasteiger partial charge in [-0.25, -0.2) is 0 Å². The molecular weight excluding hydrogens is 190 g/mol. The van der Waals surface area contributed by atoms with Crippen LogP contribution in [0, 0.1) is 6.92 Å². The minimum atomic E-state index is -0.388. The number of anilines is 1. The number of carbonyl (C=O) groups excluding carboxylic acids is 2. The van der Waals surface area contributed by atoms with E-state index in [0.29, 0.717) is 12.1 Å². The SMILES string of the molecule is CCCN1C(=O)C(=O)c2cccc(C)c21. The Morgan fingerprint density at radius 3 is 2.67 bits per heavy atom. The van der Waals surface area contributed by atoms with Crippen molar-refractivity contribution in [1.29, 1.82) is 0 Å². The lowest BCUT2D eigenvalue weighted by Crippen LogP contribution is -2.30. The van der Waals surface area contributed by atoms with Gasteiger partial charge in [-0.1, -0.05) is 19.1 Å². The van der Waals surface area contributed by atoms with Crippen molar-refractivity contribution in [2.45, 2.75) is 20.3 Å². The maximum atomic E-state index is 11.7. The first kappa shape index (κ1) is 9.90. The van der Waals surface area contributed by atoms with E-state index < -0.39 is 0 Å². The van der Waals surface area contributed by atoms with E-state index in [2.05, 4.69) is 0 Å². The highest BCUT2D eigenvalue weighted by atomic mass is 16.2. The van der Waals surface area contributed by atoms with E-state index >= 15 is 0 Å². The molecule has 1 amide bonds. The number of carbonyl (C=O) groups is 2. The summed E-state index contributed by atoms with van der Waals surface area (Å²) >= 11 is 0. The Hall–Kier alpha value is -1.64. The third-order valence-electron chi connectivity index (χ3n) is 2.64. The Balaban J connectivity index is 2.56. The number of hydrogen-bond donors (Lipinski definition) is 0. The summed E-state index contributed by atoms with van der Waals surface area (Å²) in [5.41, 5.74) is 2.34. The molecule has 3 nitrogen and oxygen atoms in total. The van der Waals surface area contributed by atoms with E-state index in [0.717, 1.165) is 17.7 Å². The van der Waals surface area contributed by atoms with Crippen LogP contribution < -0.4 is 4.90 Å². The van der Waals surface area contributed by atoms with Gasteiger partial charge in [0.25, 0.3) is 11.7 Å². The number of ketones is 1. The van der Waals surface area contributed by atoms with Crippen molar-refractivity contribution >= 4 is 17.4 Å². The van der Waals surface area contributed by atoms with Gasteiger partial charge in [0, 0.05) is 6.54 Å². The number of amides is 1. The van der Waals surface area contributed by atoms with Crippen molar-refractivity contribution in [3.8, 4) is 0 Å². The Kier molecular flexibility index (Phi) is 2.31. The molecule has 0 saturated carbocycles. The lowest BCUT2D eigenvalue weighted by atomic mass is 10.1. The van der Waals surface area contributed by atoms with Crippen molar-refractivity contribution in [3.05, 3.63) is 29.3 Å². The monoisotopic (exact) mass is 203 g/mol. The van der Waals surface area contributed by atoms with Crippen molar-refractivity contribution in [3.63, 3.8) is 0 Å². The van der Waals surface area contributed by atoms with Crippen LogP contribution in [0.2, 0.25) is 0 Å². The van der Waals surface area contributed by atoms with Gasteiger partial charge in [0.05, 0.1) is 11.3 Å². The second-order valence-corrected chi connectivity index (χ2v) is 3.76. The molecule has 0 saturated heterocycles. The van der Waals surface area contributed by atoms with E-state index in [-0.39, 0.29) is 11.7 Å². The zero-order chi connectivity index (χ0) is 11.0. The first-order chi connectivity index (χ1) is 7.16. The fraction of sp³-hybridized carbons (Fsp3) is 0.333. The average molecular weight is 203 g/mol. The number of rotatable bonds is 2. The van der Waals surface area contributed by atoms with Crippen LogP contribution in [0.4, 0.5) is 5.69 Å². The quantitative estimate of drug-likeness (QED) is 0.689. The van der Waals surface area contributed by atoms with Crippen LogP contribution in [-0.2, 0) is 4.79 Å². The number of nitrogens with zero attached hydrogens (tertiary/aromatic N) is 1. The lowest BCUT2D eigenvalue weighted by Gasteiger charge is -2.16. The highest BCUT2D eigenvalue weighted by molar-refractivity contribution is 6.52.